The molecule has 0 aromatic rings. The Hall–Kier alpha value is -2.22. The second-order valence-corrected chi connectivity index (χ2v) is 7.48. The number of allylic oxidation sites excluding steroid dienone is 6. The summed E-state index contributed by atoms with van der Waals surface area (Å²) in [6.45, 7) is 2.77. The topological polar surface area (TPSA) is 113 Å². The standard InChI is InChI=1S/C25H40O7/c1-3-4-10-14-22(28)15-11-8-6-5-7-9-12-16-23(29)17-13-18-25(30)32-24(19-26)20-31-21(2)27/h6-9,11-12,15-16,22-24,26,28-29H,3-5,10,13-14,17-20H2,1-2H3/b8-6-,9-7-,15-11+,16-12+/t22-,23-,24+/m1/s1. The second-order valence-electron chi connectivity index (χ2n) is 7.48. The summed E-state index contributed by atoms with van der Waals surface area (Å²) in [7, 11) is 0. The van der Waals surface area contributed by atoms with Crippen molar-refractivity contribution in [3.05, 3.63) is 48.6 Å². The van der Waals surface area contributed by atoms with Gasteiger partial charge in [-0.3, -0.25) is 9.59 Å². The third kappa shape index (κ3) is 19.7. The average molecular weight is 453 g/mol. The maximum absolute atomic E-state index is 11.7. The molecule has 0 radical (unpaired) electrons. The first kappa shape index (κ1) is 29.8. The molecule has 0 spiro atoms. The molecule has 3 atom stereocenters. The van der Waals surface area contributed by atoms with Crippen LogP contribution in [0.25, 0.3) is 0 Å². The van der Waals surface area contributed by atoms with Crippen molar-refractivity contribution in [1.82, 2.24) is 0 Å². The molecule has 3 N–H and O–H groups in total. The number of hydrogen-bond acceptors (Lipinski definition) is 7. The van der Waals surface area contributed by atoms with E-state index in [1.165, 1.54) is 6.92 Å². The van der Waals surface area contributed by atoms with Crippen LogP contribution < -0.4 is 0 Å². The van der Waals surface area contributed by atoms with E-state index < -0.39 is 30.8 Å². The molecule has 0 saturated heterocycles. The van der Waals surface area contributed by atoms with Crippen molar-refractivity contribution in [3.63, 3.8) is 0 Å². The van der Waals surface area contributed by atoms with Crippen molar-refractivity contribution < 1.29 is 34.4 Å². The highest BCUT2D eigenvalue weighted by atomic mass is 16.6. The number of rotatable bonds is 18. The quantitative estimate of drug-likeness (QED) is 0.166. The molecular weight excluding hydrogens is 412 g/mol. The molecule has 0 rings (SSSR count). The summed E-state index contributed by atoms with van der Waals surface area (Å²) in [6, 6.07) is 0. The molecule has 32 heavy (non-hydrogen) atoms. The minimum atomic E-state index is -0.873. The van der Waals surface area contributed by atoms with E-state index in [1.54, 1.807) is 18.2 Å². The molecule has 0 aliphatic rings. The molecule has 0 aliphatic carbocycles. The number of carbonyl (C=O) groups is 2. The molecule has 0 aromatic carbocycles. The van der Waals surface area contributed by atoms with Crippen molar-refractivity contribution in [2.75, 3.05) is 13.2 Å². The maximum Gasteiger partial charge on any atom is 0.306 e. The zero-order valence-electron chi connectivity index (χ0n) is 19.4. The molecule has 0 amide bonds. The number of ether oxygens (including phenoxy) is 2. The molecular formula is C25H40O7. The number of carbonyl (C=O) groups excluding carboxylic acids is 2. The predicted octanol–water partition coefficient (Wildman–Crippen LogP) is 3.54. The highest BCUT2D eigenvalue weighted by Gasteiger charge is 2.15. The molecule has 7 nitrogen and oxygen atoms in total. The minimum Gasteiger partial charge on any atom is -0.462 e. The van der Waals surface area contributed by atoms with Crippen LogP contribution in [0.4, 0.5) is 0 Å². The Kier molecular flexibility index (Phi) is 19.2. The van der Waals surface area contributed by atoms with Gasteiger partial charge in [-0.25, -0.2) is 0 Å². The van der Waals surface area contributed by atoms with Gasteiger partial charge in [0.05, 0.1) is 18.8 Å². The van der Waals surface area contributed by atoms with E-state index in [9.17, 15) is 19.8 Å². The van der Waals surface area contributed by atoms with Gasteiger partial charge in [-0.15, -0.1) is 0 Å². The van der Waals surface area contributed by atoms with Gasteiger partial charge in [-0.05, 0) is 25.7 Å². The lowest BCUT2D eigenvalue weighted by Crippen LogP contribution is -2.28. The lowest BCUT2D eigenvalue weighted by molar-refractivity contribution is -0.160. The number of hydrogen-bond donors (Lipinski definition) is 3. The molecule has 0 heterocycles. The Morgan fingerprint density at radius 3 is 2.03 bits per heavy atom. The highest BCUT2D eigenvalue weighted by Crippen LogP contribution is 2.06. The van der Waals surface area contributed by atoms with Crippen molar-refractivity contribution in [2.45, 2.75) is 83.5 Å². The molecule has 0 fully saturated rings. The fraction of sp³-hybridized carbons (Fsp3) is 0.600. The van der Waals surface area contributed by atoms with E-state index in [0.29, 0.717) is 12.8 Å². The van der Waals surface area contributed by atoms with Crippen LogP contribution in [0.2, 0.25) is 0 Å². The van der Waals surface area contributed by atoms with Crippen LogP contribution in [0.5, 0.6) is 0 Å². The molecule has 7 heteroatoms. The first-order valence-corrected chi connectivity index (χ1v) is 11.4. The van der Waals surface area contributed by atoms with Crippen molar-refractivity contribution in [1.29, 1.82) is 0 Å². The van der Waals surface area contributed by atoms with E-state index in [0.717, 1.165) is 32.1 Å². The third-order valence-corrected chi connectivity index (χ3v) is 4.39. The summed E-state index contributed by atoms with van der Waals surface area (Å²) in [6.07, 6.45) is 18.6. The predicted molar refractivity (Wildman–Crippen MR) is 125 cm³/mol. The Bertz CT molecular complexity index is 607. The first-order chi connectivity index (χ1) is 15.4. The van der Waals surface area contributed by atoms with Crippen LogP contribution in [-0.2, 0) is 19.1 Å². The molecule has 0 aromatic heterocycles. The van der Waals surface area contributed by atoms with Gasteiger partial charge < -0.3 is 24.8 Å². The second kappa shape index (κ2) is 20.7. The average Bonchev–Trinajstić information content (AvgIpc) is 2.75. The molecule has 182 valence electrons. The fourth-order valence-electron chi connectivity index (χ4n) is 2.61. The molecule has 0 bridgehead atoms. The van der Waals surface area contributed by atoms with E-state index >= 15 is 0 Å². The van der Waals surface area contributed by atoms with Crippen molar-refractivity contribution in [2.24, 2.45) is 0 Å². The van der Waals surface area contributed by atoms with E-state index in [-0.39, 0.29) is 19.1 Å². The Labute approximate surface area is 192 Å². The van der Waals surface area contributed by atoms with E-state index in [4.69, 9.17) is 14.6 Å². The summed E-state index contributed by atoms with van der Waals surface area (Å²) >= 11 is 0. The zero-order valence-corrected chi connectivity index (χ0v) is 19.4. The smallest absolute Gasteiger partial charge is 0.306 e. The fourth-order valence-corrected chi connectivity index (χ4v) is 2.61. The third-order valence-electron chi connectivity index (χ3n) is 4.39. The van der Waals surface area contributed by atoms with Gasteiger partial charge in [0, 0.05) is 13.3 Å². The highest BCUT2D eigenvalue weighted by molar-refractivity contribution is 5.69. The number of esters is 2. The van der Waals surface area contributed by atoms with E-state index in [1.807, 2.05) is 30.4 Å². The molecule has 0 saturated carbocycles. The number of aliphatic hydroxyl groups is 3. The van der Waals surface area contributed by atoms with Crippen LogP contribution in [0.15, 0.2) is 48.6 Å². The summed E-state index contributed by atoms with van der Waals surface area (Å²) in [4.78, 5) is 22.5. The van der Waals surface area contributed by atoms with Crippen LogP contribution in [-0.4, -0.2) is 58.8 Å². The number of aliphatic hydroxyl groups excluding tert-OH is 3. The van der Waals surface area contributed by atoms with Crippen molar-refractivity contribution >= 4 is 11.9 Å². The summed E-state index contributed by atoms with van der Waals surface area (Å²) in [5, 5.41) is 28.8. The largest absolute Gasteiger partial charge is 0.462 e. The summed E-state index contributed by atoms with van der Waals surface area (Å²) in [5.74, 6) is -1.02. The maximum atomic E-state index is 11.7. The van der Waals surface area contributed by atoms with Gasteiger partial charge in [0.1, 0.15) is 6.61 Å². The lowest BCUT2D eigenvalue weighted by atomic mass is 10.1. The van der Waals surface area contributed by atoms with Crippen LogP contribution in [0, 0.1) is 0 Å². The van der Waals surface area contributed by atoms with E-state index in [2.05, 4.69) is 6.92 Å². The Morgan fingerprint density at radius 2 is 1.50 bits per heavy atom. The van der Waals surface area contributed by atoms with Gasteiger partial charge in [-0.1, -0.05) is 74.8 Å². The van der Waals surface area contributed by atoms with Gasteiger partial charge >= 0.3 is 11.9 Å². The van der Waals surface area contributed by atoms with Gasteiger partial charge in [0.15, 0.2) is 6.10 Å². The van der Waals surface area contributed by atoms with Crippen LogP contribution in [0.1, 0.15) is 65.2 Å². The number of unbranched alkanes of at least 4 members (excludes halogenated alkanes) is 2. The Morgan fingerprint density at radius 1 is 0.906 bits per heavy atom. The van der Waals surface area contributed by atoms with Gasteiger partial charge in [-0.2, -0.15) is 0 Å². The SMILES string of the molecule is CCCCC[C@@H](O)/C=C/C=C\C/C=C\C=C\[C@@H](O)CCCC(=O)O[C@@H](CO)COC(C)=O. The lowest BCUT2D eigenvalue weighted by Gasteiger charge is -2.15. The zero-order chi connectivity index (χ0) is 24.0. The molecule has 0 unspecified atom stereocenters. The normalized spacial score (nSPS) is 15.0. The summed E-state index contributed by atoms with van der Waals surface area (Å²) < 4.78 is 9.72. The minimum absolute atomic E-state index is 0.100. The van der Waals surface area contributed by atoms with Gasteiger partial charge in [0.2, 0.25) is 0 Å². The first-order valence-electron chi connectivity index (χ1n) is 11.4. The van der Waals surface area contributed by atoms with Crippen molar-refractivity contribution in [3.8, 4) is 0 Å². The molecule has 0 aliphatic heterocycles. The van der Waals surface area contributed by atoms with Crippen LogP contribution in [0.3, 0.4) is 0 Å². The monoisotopic (exact) mass is 452 g/mol. The van der Waals surface area contributed by atoms with Crippen LogP contribution >= 0.6 is 0 Å². The van der Waals surface area contributed by atoms with Gasteiger partial charge in [0.25, 0.3) is 0 Å². The summed E-state index contributed by atoms with van der Waals surface area (Å²) in [5.41, 5.74) is 0. The Balaban J connectivity index is 3.94.